The van der Waals surface area contributed by atoms with Crippen LogP contribution in [0.25, 0.3) is 0 Å². The van der Waals surface area contributed by atoms with Crippen molar-refractivity contribution >= 4 is 11.9 Å². The molecule has 2 aromatic rings. The van der Waals surface area contributed by atoms with E-state index in [-0.39, 0.29) is 12.1 Å². The summed E-state index contributed by atoms with van der Waals surface area (Å²) < 4.78 is 40.8. The normalized spacial score (nSPS) is 19.5. The molecule has 1 fully saturated rings. The summed E-state index contributed by atoms with van der Waals surface area (Å²) in [5.74, 6) is -3.16. The molecule has 27 heavy (non-hydrogen) atoms. The summed E-state index contributed by atoms with van der Waals surface area (Å²) in [4.78, 5) is 26.5. The molecule has 3 amide bonds. The average Bonchev–Trinajstić information content (AvgIpc) is 2.89. The number of imide groups is 1. The van der Waals surface area contributed by atoms with E-state index in [9.17, 15) is 22.8 Å². The van der Waals surface area contributed by atoms with E-state index in [0.717, 1.165) is 17.4 Å². The molecule has 0 radical (unpaired) electrons. The molecule has 4 nitrogen and oxygen atoms in total. The average molecular weight is 376 g/mol. The molecule has 7 heteroatoms. The van der Waals surface area contributed by atoms with E-state index in [1.807, 2.05) is 6.92 Å². The number of benzene rings is 2. The number of carbonyl (C=O) groups excluding carboxylic acids is 2. The summed E-state index contributed by atoms with van der Waals surface area (Å²) in [7, 11) is 0. The van der Waals surface area contributed by atoms with Gasteiger partial charge in [0.25, 0.3) is 5.91 Å². The van der Waals surface area contributed by atoms with Gasteiger partial charge in [-0.3, -0.25) is 9.69 Å². The van der Waals surface area contributed by atoms with Gasteiger partial charge in [-0.25, -0.2) is 18.0 Å². The highest BCUT2D eigenvalue weighted by Gasteiger charge is 2.51. The summed E-state index contributed by atoms with van der Waals surface area (Å²) >= 11 is 0. The Morgan fingerprint density at radius 3 is 2.41 bits per heavy atom. The van der Waals surface area contributed by atoms with Crippen LogP contribution in [0, 0.1) is 17.5 Å². The molecule has 142 valence electrons. The first-order valence-electron chi connectivity index (χ1n) is 8.72. The third kappa shape index (κ3) is 3.41. The highest BCUT2D eigenvalue weighted by atomic mass is 19.2. The van der Waals surface area contributed by atoms with Crippen molar-refractivity contribution in [3.05, 3.63) is 71.0 Å². The zero-order valence-corrected chi connectivity index (χ0v) is 14.8. The molecular formula is C20H19F3N2O2. The molecular weight excluding hydrogens is 357 g/mol. The summed E-state index contributed by atoms with van der Waals surface area (Å²) in [6.45, 7) is 1.56. The van der Waals surface area contributed by atoms with Gasteiger partial charge in [0.2, 0.25) is 0 Å². The van der Waals surface area contributed by atoms with Crippen LogP contribution in [0.1, 0.15) is 37.3 Å². The van der Waals surface area contributed by atoms with Crippen LogP contribution in [0.2, 0.25) is 0 Å². The number of nitrogens with one attached hydrogen (secondary N) is 1. The van der Waals surface area contributed by atoms with Gasteiger partial charge in [0.1, 0.15) is 11.4 Å². The molecule has 2 aromatic carbocycles. The van der Waals surface area contributed by atoms with Crippen LogP contribution in [0.4, 0.5) is 18.0 Å². The molecule has 1 aliphatic rings. The molecule has 0 aliphatic carbocycles. The highest BCUT2D eigenvalue weighted by Crippen LogP contribution is 2.35. The van der Waals surface area contributed by atoms with Crippen molar-refractivity contribution in [3.63, 3.8) is 0 Å². The largest absolute Gasteiger partial charge is 0.325 e. The van der Waals surface area contributed by atoms with Gasteiger partial charge in [-0.05, 0) is 30.2 Å². The molecule has 1 atom stereocenters. The van der Waals surface area contributed by atoms with Crippen LogP contribution < -0.4 is 5.32 Å². The van der Waals surface area contributed by atoms with Crippen molar-refractivity contribution in [2.24, 2.45) is 0 Å². The van der Waals surface area contributed by atoms with Gasteiger partial charge < -0.3 is 5.32 Å². The lowest BCUT2D eigenvalue weighted by molar-refractivity contribution is -0.132. The molecule has 0 saturated carbocycles. The van der Waals surface area contributed by atoms with Gasteiger partial charge >= 0.3 is 6.03 Å². The maximum atomic E-state index is 14.0. The molecule has 1 aliphatic heterocycles. The quantitative estimate of drug-likeness (QED) is 0.767. The Morgan fingerprint density at radius 1 is 1.04 bits per heavy atom. The Bertz CT molecular complexity index is 870. The first-order valence-corrected chi connectivity index (χ1v) is 8.72. The smallest absolute Gasteiger partial charge is 0.319 e. The number of hydrogen-bond acceptors (Lipinski definition) is 2. The Balaban J connectivity index is 1.97. The highest BCUT2D eigenvalue weighted by molar-refractivity contribution is 6.07. The van der Waals surface area contributed by atoms with Crippen molar-refractivity contribution in [1.82, 2.24) is 10.2 Å². The second-order valence-electron chi connectivity index (χ2n) is 6.55. The van der Waals surface area contributed by atoms with E-state index in [0.29, 0.717) is 18.4 Å². The summed E-state index contributed by atoms with van der Waals surface area (Å²) in [6, 6.07) is 8.26. The zero-order valence-electron chi connectivity index (χ0n) is 14.8. The Kier molecular flexibility index (Phi) is 5.21. The SMILES string of the molecule is CCCC[C@@]1(c2ccc(F)cc2)NC(=O)N(Cc2cccc(F)c2F)C1=O. The number of halogens is 3. The predicted molar refractivity (Wildman–Crippen MR) is 93.0 cm³/mol. The zero-order chi connectivity index (χ0) is 19.6. The summed E-state index contributed by atoms with van der Waals surface area (Å²) in [6.07, 6.45) is 1.75. The molecule has 3 rings (SSSR count). The minimum absolute atomic E-state index is 0.0936. The standard InChI is InChI=1S/C20H19F3N2O2/c1-2-3-11-20(14-7-9-15(21)10-8-14)18(26)25(19(27)24-20)12-13-5-4-6-16(22)17(13)23/h4-10H,2-3,11-12H2,1H3,(H,24,27)/t20-/m0/s1. The lowest BCUT2D eigenvalue weighted by Crippen LogP contribution is -2.44. The molecule has 0 spiro atoms. The van der Waals surface area contributed by atoms with Crippen LogP contribution in [0.5, 0.6) is 0 Å². The third-order valence-electron chi connectivity index (χ3n) is 4.78. The molecule has 1 heterocycles. The molecule has 0 aromatic heterocycles. The maximum Gasteiger partial charge on any atom is 0.325 e. The Labute approximate surface area is 155 Å². The topological polar surface area (TPSA) is 49.4 Å². The van der Waals surface area contributed by atoms with E-state index < -0.39 is 34.9 Å². The van der Waals surface area contributed by atoms with Gasteiger partial charge in [-0.2, -0.15) is 0 Å². The van der Waals surface area contributed by atoms with Crippen molar-refractivity contribution < 1.29 is 22.8 Å². The second-order valence-corrected chi connectivity index (χ2v) is 6.55. The van der Waals surface area contributed by atoms with E-state index in [1.54, 1.807) is 0 Å². The van der Waals surface area contributed by atoms with Crippen LogP contribution in [-0.2, 0) is 16.9 Å². The van der Waals surface area contributed by atoms with E-state index >= 15 is 0 Å². The van der Waals surface area contributed by atoms with Gasteiger partial charge in [-0.1, -0.05) is 44.0 Å². The van der Waals surface area contributed by atoms with Crippen LogP contribution in [-0.4, -0.2) is 16.8 Å². The van der Waals surface area contributed by atoms with Crippen molar-refractivity contribution in [2.45, 2.75) is 38.3 Å². The number of hydrogen-bond donors (Lipinski definition) is 1. The predicted octanol–water partition coefficient (Wildman–Crippen LogP) is 4.24. The summed E-state index contributed by atoms with van der Waals surface area (Å²) in [5, 5.41) is 2.69. The van der Waals surface area contributed by atoms with E-state index in [1.165, 1.54) is 36.4 Å². The van der Waals surface area contributed by atoms with E-state index in [4.69, 9.17) is 0 Å². The number of nitrogens with zero attached hydrogens (tertiary/aromatic N) is 1. The maximum absolute atomic E-state index is 14.0. The monoisotopic (exact) mass is 376 g/mol. The van der Waals surface area contributed by atoms with Gasteiger partial charge in [-0.15, -0.1) is 0 Å². The number of rotatable bonds is 6. The Morgan fingerprint density at radius 2 is 1.74 bits per heavy atom. The number of carbonyl (C=O) groups is 2. The number of urea groups is 1. The first kappa shape index (κ1) is 18.9. The lowest BCUT2D eigenvalue weighted by Gasteiger charge is -2.27. The first-order chi connectivity index (χ1) is 12.9. The molecule has 1 saturated heterocycles. The van der Waals surface area contributed by atoms with Gasteiger partial charge in [0.15, 0.2) is 11.6 Å². The molecule has 0 unspecified atom stereocenters. The van der Waals surface area contributed by atoms with Crippen LogP contribution in [0.15, 0.2) is 42.5 Å². The van der Waals surface area contributed by atoms with Crippen molar-refractivity contribution in [1.29, 1.82) is 0 Å². The fourth-order valence-corrected chi connectivity index (χ4v) is 3.30. The number of amides is 3. The fourth-order valence-electron chi connectivity index (χ4n) is 3.30. The van der Waals surface area contributed by atoms with Crippen LogP contribution in [0.3, 0.4) is 0 Å². The van der Waals surface area contributed by atoms with Crippen LogP contribution >= 0.6 is 0 Å². The fraction of sp³-hybridized carbons (Fsp3) is 0.300. The minimum Gasteiger partial charge on any atom is -0.319 e. The molecule has 1 N–H and O–H groups in total. The summed E-state index contributed by atoms with van der Waals surface area (Å²) in [5.41, 5.74) is -0.980. The second kappa shape index (κ2) is 7.42. The lowest BCUT2D eigenvalue weighted by atomic mass is 9.84. The van der Waals surface area contributed by atoms with Crippen molar-refractivity contribution in [2.75, 3.05) is 0 Å². The van der Waals surface area contributed by atoms with E-state index in [2.05, 4.69) is 5.32 Å². The van der Waals surface area contributed by atoms with Crippen molar-refractivity contribution in [3.8, 4) is 0 Å². The van der Waals surface area contributed by atoms with Gasteiger partial charge in [0, 0.05) is 5.56 Å². The number of unbranched alkanes of at least 4 members (excludes halogenated alkanes) is 1. The van der Waals surface area contributed by atoms with Gasteiger partial charge in [0.05, 0.1) is 6.54 Å². The third-order valence-corrected chi connectivity index (χ3v) is 4.78. The molecule has 0 bridgehead atoms. The Hall–Kier alpha value is -2.83. The minimum atomic E-state index is -1.34.